The molecular weight excluding hydrogens is 230 g/mol. The molecule has 0 aliphatic carbocycles. The lowest BCUT2D eigenvalue weighted by Gasteiger charge is -2.23. The highest BCUT2D eigenvalue weighted by Crippen LogP contribution is 2.17. The van der Waals surface area contributed by atoms with Gasteiger partial charge in [0.2, 0.25) is 5.91 Å². The molecule has 0 bridgehead atoms. The van der Waals surface area contributed by atoms with Crippen LogP contribution in [-0.2, 0) is 11.4 Å². The first kappa shape index (κ1) is 14.4. The van der Waals surface area contributed by atoms with E-state index < -0.39 is 0 Å². The number of aliphatic hydroxyl groups excluding tert-OH is 1. The Balaban J connectivity index is 2.78. The molecule has 1 aromatic heterocycles. The van der Waals surface area contributed by atoms with Gasteiger partial charge in [0.25, 0.3) is 0 Å². The molecule has 0 aromatic carbocycles. The number of carbonyl (C=O) groups is 1. The molecule has 5 nitrogen and oxygen atoms in total. The van der Waals surface area contributed by atoms with Crippen LogP contribution < -0.4 is 10.2 Å². The van der Waals surface area contributed by atoms with E-state index >= 15 is 0 Å². The van der Waals surface area contributed by atoms with Crippen LogP contribution in [0.2, 0.25) is 0 Å². The summed E-state index contributed by atoms with van der Waals surface area (Å²) in [7, 11) is 3.55. The number of nitrogens with zero attached hydrogens (tertiary/aromatic N) is 2. The molecule has 1 unspecified atom stereocenters. The molecule has 0 aliphatic rings. The highest BCUT2D eigenvalue weighted by atomic mass is 16.3. The molecule has 0 spiro atoms. The molecule has 1 amide bonds. The number of aryl methyl sites for hydroxylation is 1. The normalized spacial score (nSPS) is 12.1. The lowest BCUT2D eigenvalue weighted by Crippen LogP contribution is -2.35. The van der Waals surface area contributed by atoms with Crippen LogP contribution in [0.3, 0.4) is 0 Å². The molecule has 2 N–H and O–H groups in total. The Kier molecular flexibility index (Phi) is 5.09. The van der Waals surface area contributed by atoms with Gasteiger partial charge in [0, 0.05) is 26.8 Å². The first-order valence-electron chi connectivity index (χ1n) is 5.98. The average molecular weight is 251 g/mol. The van der Waals surface area contributed by atoms with Gasteiger partial charge in [-0.3, -0.25) is 4.79 Å². The summed E-state index contributed by atoms with van der Waals surface area (Å²) in [6, 6.07) is 1.91. The molecule has 5 heteroatoms. The number of aliphatic hydroxyl groups is 1. The molecule has 0 saturated carbocycles. The fourth-order valence-corrected chi connectivity index (χ4v) is 1.94. The van der Waals surface area contributed by atoms with Gasteiger partial charge in [-0.25, -0.2) is 4.98 Å². The standard InChI is InChI=1S/C13H21N3O2/c1-9-5-11(8-17)6-15-12(9)16(4)7-10(2)13(18)14-3/h5-6,10,17H,7-8H2,1-4H3,(H,14,18). The fourth-order valence-electron chi connectivity index (χ4n) is 1.94. The van der Waals surface area contributed by atoms with Crippen molar-refractivity contribution in [2.75, 3.05) is 25.5 Å². The smallest absolute Gasteiger partial charge is 0.224 e. The Morgan fingerprint density at radius 2 is 2.28 bits per heavy atom. The third-order valence-electron chi connectivity index (χ3n) is 2.89. The van der Waals surface area contributed by atoms with Crippen molar-refractivity contribution in [2.45, 2.75) is 20.5 Å². The van der Waals surface area contributed by atoms with Crippen molar-refractivity contribution in [1.29, 1.82) is 0 Å². The number of aromatic nitrogens is 1. The zero-order valence-corrected chi connectivity index (χ0v) is 11.4. The van der Waals surface area contributed by atoms with E-state index in [1.54, 1.807) is 13.2 Å². The van der Waals surface area contributed by atoms with Crippen molar-refractivity contribution in [3.8, 4) is 0 Å². The maximum absolute atomic E-state index is 11.5. The number of nitrogens with one attached hydrogen (secondary N) is 1. The summed E-state index contributed by atoms with van der Waals surface area (Å²) < 4.78 is 0. The van der Waals surface area contributed by atoms with Crippen LogP contribution in [0.25, 0.3) is 0 Å². The van der Waals surface area contributed by atoms with Gasteiger partial charge in [-0.15, -0.1) is 0 Å². The van der Waals surface area contributed by atoms with Crippen LogP contribution >= 0.6 is 0 Å². The lowest BCUT2D eigenvalue weighted by atomic mass is 10.1. The summed E-state index contributed by atoms with van der Waals surface area (Å²) in [5, 5.41) is 11.7. The number of hydrogen-bond donors (Lipinski definition) is 2. The Hall–Kier alpha value is -1.62. The van der Waals surface area contributed by atoms with E-state index in [1.807, 2.05) is 31.9 Å². The monoisotopic (exact) mass is 251 g/mol. The van der Waals surface area contributed by atoms with Crippen LogP contribution in [0.15, 0.2) is 12.3 Å². The van der Waals surface area contributed by atoms with E-state index in [0.29, 0.717) is 6.54 Å². The minimum absolute atomic E-state index is 0.00746. The molecule has 0 saturated heterocycles. The van der Waals surface area contributed by atoms with E-state index in [-0.39, 0.29) is 18.4 Å². The van der Waals surface area contributed by atoms with Gasteiger partial charge in [0.15, 0.2) is 0 Å². The van der Waals surface area contributed by atoms with Crippen molar-refractivity contribution in [3.05, 3.63) is 23.4 Å². The van der Waals surface area contributed by atoms with Crippen LogP contribution in [0.4, 0.5) is 5.82 Å². The molecule has 1 aromatic rings. The molecule has 1 heterocycles. The van der Waals surface area contributed by atoms with Gasteiger partial charge >= 0.3 is 0 Å². The van der Waals surface area contributed by atoms with E-state index in [4.69, 9.17) is 5.11 Å². The second-order valence-corrected chi connectivity index (χ2v) is 4.54. The van der Waals surface area contributed by atoms with Gasteiger partial charge in [-0.2, -0.15) is 0 Å². The Morgan fingerprint density at radius 1 is 1.61 bits per heavy atom. The number of pyridine rings is 1. The van der Waals surface area contributed by atoms with Crippen molar-refractivity contribution in [1.82, 2.24) is 10.3 Å². The Bertz CT molecular complexity index is 421. The van der Waals surface area contributed by atoms with Gasteiger partial charge < -0.3 is 15.3 Å². The number of amides is 1. The van der Waals surface area contributed by atoms with E-state index in [1.165, 1.54) is 0 Å². The molecule has 100 valence electrons. The SMILES string of the molecule is CNC(=O)C(C)CN(C)c1ncc(CO)cc1C. The van der Waals surface area contributed by atoms with E-state index in [2.05, 4.69) is 10.3 Å². The number of rotatable bonds is 5. The first-order valence-corrected chi connectivity index (χ1v) is 5.98. The van der Waals surface area contributed by atoms with E-state index in [9.17, 15) is 4.79 Å². The minimum Gasteiger partial charge on any atom is -0.392 e. The van der Waals surface area contributed by atoms with Crippen LogP contribution in [0.5, 0.6) is 0 Å². The predicted octanol–water partition coefficient (Wildman–Crippen LogP) is 0.701. The molecule has 0 radical (unpaired) electrons. The first-order chi connectivity index (χ1) is 8.49. The lowest BCUT2D eigenvalue weighted by molar-refractivity contribution is -0.123. The highest BCUT2D eigenvalue weighted by Gasteiger charge is 2.15. The van der Waals surface area contributed by atoms with Crippen LogP contribution in [-0.4, -0.2) is 36.6 Å². The number of anilines is 1. The maximum Gasteiger partial charge on any atom is 0.224 e. The predicted molar refractivity (Wildman–Crippen MR) is 71.4 cm³/mol. The highest BCUT2D eigenvalue weighted by molar-refractivity contribution is 5.78. The topological polar surface area (TPSA) is 65.5 Å². The third kappa shape index (κ3) is 3.43. The average Bonchev–Trinajstić information content (AvgIpc) is 2.37. The minimum atomic E-state index is -0.0984. The molecular formula is C13H21N3O2. The van der Waals surface area contributed by atoms with Gasteiger partial charge in [0.05, 0.1) is 12.5 Å². The zero-order valence-electron chi connectivity index (χ0n) is 11.4. The summed E-state index contributed by atoms with van der Waals surface area (Å²) in [6.07, 6.45) is 1.66. The summed E-state index contributed by atoms with van der Waals surface area (Å²) in [5.74, 6) is 0.758. The van der Waals surface area contributed by atoms with Crippen LogP contribution in [0.1, 0.15) is 18.1 Å². The molecule has 1 rings (SSSR count). The van der Waals surface area contributed by atoms with Gasteiger partial charge in [-0.05, 0) is 24.1 Å². The molecule has 0 aliphatic heterocycles. The number of carbonyl (C=O) groups excluding carboxylic acids is 1. The zero-order chi connectivity index (χ0) is 13.7. The van der Waals surface area contributed by atoms with Crippen molar-refractivity contribution >= 4 is 11.7 Å². The van der Waals surface area contributed by atoms with Crippen LogP contribution in [0, 0.1) is 12.8 Å². The maximum atomic E-state index is 11.5. The largest absolute Gasteiger partial charge is 0.392 e. The van der Waals surface area contributed by atoms with Crippen molar-refractivity contribution < 1.29 is 9.90 Å². The Labute approximate surface area is 108 Å². The number of hydrogen-bond acceptors (Lipinski definition) is 4. The van der Waals surface area contributed by atoms with Gasteiger partial charge in [0.1, 0.15) is 5.82 Å². The second-order valence-electron chi connectivity index (χ2n) is 4.54. The van der Waals surface area contributed by atoms with Crippen molar-refractivity contribution in [3.63, 3.8) is 0 Å². The summed E-state index contributed by atoms with van der Waals surface area (Å²) >= 11 is 0. The van der Waals surface area contributed by atoms with Crippen molar-refractivity contribution in [2.24, 2.45) is 5.92 Å². The summed E-state index contributed by atoms with van der Waals surface area (Å²) in [6.45, 7) is 4.42. The summed E-state index contributed by atoms with van der Waals surface area (Å²) in [5.41, 5.74) is 1.79. The quantitative estimate of drug-likeness (QED) is 0.808. The van der Waals surface area contributed by atoms with E-state index in [0.717, 1.165) is 16.9 Å². The molecule has 18 heavy (non-hydrogen) atoms. The summed E-state index contributed by atoms with van der Waals surface area (Å²) in [4.78, 5) is 17.7. The Morgan fingerprint density at radius 3 is 2.78 bits per heavy atom. The second kappa shape index (κ2) is 6.35. The molecule has 0 fully saturated rings. The molecule has 1 atom stereocenters. The van der Waals surface area contributed by atoms with Gasteiger partial charge in [-0.1, -0.05) is 6.92 Å². The third-order valence-corrected chi connectivity index (χ3v) is 2.89. The fraction of sp³-hybridized carbons (Fsp3) is 0.538.